The highest BCUT2D eigenvalue weighted by molar-refractivity contribution is 6.06. The lowest BCUT2D eigenvalue weighted by molar-refractivity contribution is -0.138. The van der Waals surface area contributed by atoms with Gasteiger partial charge in [-0.1, -0.05) is 0 Å². The van der Waals surface area contributed by atoms with E-state index in [0.29, 0.717) is 12.3 Å². The number of carbonyl (C=O) groups excluding carboxylic acids is 2. The van der Waals surface area contributed by atoms with Crippen LogP contribution in [0.3, 0.4) is 0 Å². The quantitative estimate of drug-likeness (QED) is 0.852. The third-order valence-corrected chi connectivity index (χ3v) is 3.32. The fourth-order valence-electron chi connectivity index (χ4n) is 2.10. The van der Waals surface area contributed by atoms with Gasteiger partial charge in [0.2, 0.25) is 0 Å². The van der Waals surface area contributed by atoms with E-state index in [2.05, 4.69) is 5.32 Å². The van der Waals surface area contributed by atoms with Gasteiger partial charge in [-0.2, -0.15) is 13.2 Å². The van der Waals surface area contributed by atoms with Crippen molar-refractivity contribution in [2.75, 3.05) is 6.54 Å². The third-order valence-electron chi connectivity index (χ3n) is 3.32. The lowest BCUT2D eigenvalue weighted by Crippen LogP contribution is -2.41. The number of nitrogens with one attached hydrogen (secondary N) is 1. The molecule has 22 heavy (non-hydrogen) atoms. The number of amides is 3. The molecule has 1 aliphatic heterocycles. The lowest BCUT2D eigenvalue weighted by atomic mass is 10.1. The van der Waals surface area contributed by atoms with Gasteiger partial charge in [-0.25, -0.2) is 4.79 Å². The molecule has 9 heteroatoms. The van der Waals surface area contributed by atoms with Crippen molar-refractivity contribution in [1.82, 2.24) is 14.8 Å². The Bertz CT molecular complexity index is 679. The van der Waals surface area contributed by atoms with Crippen LogP contribution in [0.2, 0.25) is 0 Å². The Morgan fingerprint density at radius 2 is 1.77 bits per heavy atom. The van der Waals surface area contributed by atoms with Crippen molar-refractivity contribution in [3.05, 3.63) is 34.2 Å². The smallest absolute Gasteiger partial charge is 0.324 e. The number of hydrogen-bond acceptors (Lipinski definition) is 3. The first-order valence-electron chi connectivity index (χ1n) is 6.44. The van der Waals surface area contributed by atoms with Gasteiger partial charge in [-0.3, -0.25) is 14.5 Å². The molecule has 1 aromatic heterocycles. The van der Waals surface area contributed by atoms with Gasteiger partial charge >= 0.3 is 12.2 Å². The summed E-state index contributed by atoms with van der Waals surface area (Å²) in [6.45, 7) is 2.64. The number of carbonyl (C=O) groups is 2. The van der Waals surface area contributed by atoms with Gasteiger partial charge in [-0.05, 0) is 19.9 Å². The Labute approximate surface area is 123 Å². The molecule has 2 heterocycles. The minimum Gasteiger partial charge on any atom is -0.324 e. The Balaban J connectivity index is 2.17. The average molecular weight is 317 g/mol. The lowest BCUT2D eigenvalue weighted by Gasteiger charge is -2.17. The molecule has 2 rings (SSSR count). The van der Waals surface area contributed by atoms with Crippen LogP contribution in [-0.4, -0.2) is 33.5 Å². The topological polar surface area (TPSA) is 71.4 Å². The summed E-state index contributed by atoms with van der Waals surface area (Å²) in [5, 5.41) is 2.45. The second-order valence-electron chi connectivity index (χ2n) is 5.46. The predicted octanol–water partition coefficient (Wildman–Crippen LogP) is 1.20. The number of imide groups is 1. The largest absolute Gasteiger partial charge is 0.417 e. The van der Waals surface area contributed by atoms with E-state index in [9.17, 15) is 27.6 Å². The molecule has 1 aromatic rings. The first-order valence-corrected chi connectivity index (χ1v) is 6.44. The van der Waals surface area contributed by atoms with E-state index < -0.39 is 34.8 Å². The summed E-state index contributed by atoms with van der Waals surface area (Å²) in [5.41, 5.74) is -2.67. The average Bonchev–Trinajstić information content (AvgIpc) is 2.57. The molecule has 0 spiro atoms. The normalized spacial score (nSPS) is 17.8. The second-order valence-corrected chi connectivity index (χ2v) is 5.46. The molecule has 1 saturated heterocycles. The fraction of sp³-hybridized carbons (Fsp3) is 0.462. The zero-order valence-electron chi connectivity index (χ0n) is 11.9. The molecule has 0 bridgehead atoms. The van der Waals surface area contributed by atoms with E-state index in [0.717, 1.165) is 15.5 Å². The Hall–Kier alpha value is -2.32. The van der Waals surface area contributed by atoms with E-state index in [4.69, 9.17) is 0 Å². The minimum absolute atomic E-state index is 0.185. The molecule has 0 radical (unpaired) electrons. The van der Waals surface area contributed by atoms with Crippen molar-refractivity contribution < 1.29 is 22.8 Å². The van der Waals surface area contributed by atoms with Crippen LogP contribution >= 0.6 is 0 Å². The van der Waals surface area contributed by atoms with Crippen molar-refractivity contribution in [3.8, 4) is 0 Å². The molecule has 0 saturated carbocycles. The van der Waals surface area contributed by atoms with Crippen LogP contribution in [0.15, 0.2) is 23.1 Å². The summed E-state index contributed by atoms with van der Waals surface area (Å²) in [7, 11) is 0. The summed E-state index contributed by atoms with van der Waals surface area (Å²) in [5.74, 6) is -0.488. The first-order chi connectivity index (χ1) is 10.0. The van der Waals surface area contributed by atoms with E-state index in [1.54, 1.807) is 0 Å². The Kier molecular flexibility index (Phi) is 3.76. The monoisotopic (exact) mass is 317 g/mol. The van der Waals surface area contributed by atoms with Crippen LogP contribution < -0.4 is 10.9 Å². The molecular formula is C13H14F3N3O3. The van der Waals surface area contributed by atoms with Gasteiger partial charge in [0.15, 0.2) is 0 Å². The fourth-order valence-corrected chi connectivity index (χ4v) is 2.10. The van der Waals surface area contributed by atoms with Gasteiger partial charge < -0.3 is 9.88 Å². The molecule has 3 amide bonds. The Morgan fingerprint density at radius 3 is 2.27 bits per heavy atom. The molecule has 0 aliphatic carbocycles. The number of halogens is 3. The summed E-state index contributed by atoms with van der Waals surface area (Å²) in [4.78, 5) is 36.1. The van der Waals surface area contributed by atoms with E-state index in [1.807, 2.05) is 0 Å². The van der Waals surface area contributed by atoms with E-state index in [1.165, 1.54) is 13.8 Å². The zero-order chi connectivity index (χ0) is 16.7. The zero-order valence-corrected chi connectivity index (χ0v) is 11.9. The standard InChI is InChI=1S/C13H14F3N3O3/c1-12(2)10(21)19(11(22)17-12)6-5-18-7-8(13(14,15)16)3-4-9(18)20/h3-4,7H,5-6H2,1-2H3,(H,17,22). The highest BCUT2D eigenvalue weighted by Crippen LogP contribution is 2.28. The van der Waals surface area contributed by atoms with Crippen molar-refractivity contribution in [2.45, 2.75) is 32.1 Å². The van der Waals surface area contributed by atoms with Crippen LogP contribution in [-0.2, 0) is 17.5 Å². The number of rotatable bonds is 3. The number of hydrogen-bond donors (Lipinski definition) is 1. The number of urea groups is 1. The summed E-state index contributed by atoms with van der Waals surface area (Å²) in [6, 6.07) is 0.865. The molecule has 0 atom stereocenters. The van der Waals surface area contributed by atoms with Crippen LogP contribution in [0.4, 0.5) is 18.0 Å². The first kappa shape index (κ1) is 16.1. The summed E-state index contributed by atoms with van der Waals surface area (Å²) < 4.78 is 38.7. The van der Waals surface area contributed by atoms with Gasteiger partial charge in [0, 0.05) is 25.4 Å². The van der Waals surface area contributed by atoms with E-state index >= 15 is 0 Å². The highest BCUT2D eigenvalue weighted by atomic mass is 19.4. The van der Waals surface area contributed by atoms with Crippen molar-refractivity contribution in [2.24, 2.45) is 0 Å². The number of alkyl halides is 3. The third kappa shape index (κ3) is 2.97. The maximum atomic E-state index is 12.6. The molecule has 6 nitrogen and oxygen atoms in total. The molecule has 1 aliphatic rings. The van der Waals surface area contributed by atoms with Crippen LogP contribution in [0.5, 0.6) is 0 Å². The number of aromatic nitrogens is 1. The highest BCUT2D eigenvalue weighted by Gasteiger charge is 2.43. The molecule has 0 aromatic carbocycles. The Morgan fingerprint density at radius 1 is 1.14 bits per heavy atom. The number of nitrogens with zero attached hydrogens (tertiary/aromatic N) is 2. The van der Waals surface area contributed by atoms with Gasteiger partial charge in [0.25, 0.3) is 11.5 Å². The minimum atomic E-state index is -4.57. The predicted molar refractivity (Wildman–Crippen MR) is 70.0 cm³/mol. The van der Waals surface area contributed by atoms with Crippen molar-refractivity contribution in [1.29, 1.82) is 0 Å². The van der Waals surface area contributed by atoms with Crippen LogP contribution in [0.1, 0.15) is 19.4 Å². The van der Waals surface area contributed by atoms with Gasteiger partial charge in [0.05, 0.1) is 5.56 Å². The summed E-state index contributed by atoms with van der Waals surface area (Å²) in [6.07, 6.45) is -3.90. The molecule has 120 valence electrons. The molecular weight excluding hydrogens is 303 g/mol. The van der Waals surface area contributed by atoms with Gasteiger partial charge in [0.1, 0.15) is 5.54 Å². The van der Waals surface area contributed by atoms with E-state index in [-0.39, 0.29) is 13.1 Å². The molecule has 1 N–H and O–H groups in total. The van der Waals surface area contributed by atoms with Crippen molar-refractivity contribution >= 4 is 11.9 Å². The van der Waals surface area contributed by atoms with Gasteiger partial charge in [-0.15, -0.1) is 0 Å². The maximum Gasteiger partial charge on any atom is 0.417 e. The van der Waals surface area contributed by atoms with Crippen LogP contribution in [0.25, 0.3) is 0 Å². The van der Waals surface area contributed by atoms with Crippen molar-refractivity contribution in [3.63, 3.8) is 0 Å². The molecule has 1 fully saturated rings. The molecule has 0 unspecified atom stereocenters. The van der Waals surface area contributed by atoms with Crippen LogP contribution in [0, 0.1) is 0 Å². The summed E-state index contributed by atoms with van der Waals surface area (Å²) >= 11 is 0. The number of pyridine rings is 1. The maximum absolute atomic E-state index is 12.6. The SMILES string of the molecule is CC1(C)NC(=O)N(CCn2cc(C(F)(F)F)ccc2=O)C1=O. The second kappa shape index (κ2) is 5.15.